The third-order valence-electron chi connectivity index (χ3n) is 3.09. The summed E-state index contributed by atoms with van der Waals surface area (Å²) >= 11 is 0. The van der Waals surface area contributed by atoms with Crippen molar-refractivity contribution in [3.8, 4) is 0 Å². The molecule has 0 aliphatic carbocycles. The summed E-state index contributed by atoms with van der Waals surface area (Å²) in [6.45, 7) is 3.66. The molecule has 110 valence electrons. The highest BCUT2D eigenvalue weighted by Crippen LogP contribution is 2.12. The zero-order chi connectivity index (χ0) is 13.6. The van der Waals surface area contributed by atoms with Crippen LogP contribution in [0.4, 0.5) is 0 Å². The fourth-order valence-corrected chi connectivity index (χ4v) is 1.89. The molecule has 0 heterocycles. The molecule has 0 aliphatic rings. The number of hydrogen-bond acceptors (Lipinski definition) is 4. The van der Waals surface area contributed by atoms with Gasteiger partial charge in [0.1, 0.15) is 6.10 Å². The number of aliphatic hydroxyl groups is 1. The Bertz CT molecular complexity index is 164. The van der Waals surface area contributed by atoms with Gasteiger partial charge in [-0.1, -0.05) is 26.2 Å². The van der Waals surface area contributed by atoms with Gasteiger partial charge in [0.2, 0.25) is 0 Å². The van der Waals surface area contributed by atoms with Crippen LogP contribution >= 0.6 is 0 Å². The smallest absolute Gasteiger partial charge is 0.106 e. The molecule has 2 unspecified atom stereocenters. The number of ether oxygens (including phenoxy) is 3. The maximum absolute atomic E-state index is 8.67. The lowest BCUT2D eigenvalue weighted by Gasteiger charge is -2.24. The molecule has 0 saturated carbocycles. The van der Waals surface area contributed by atoms with Crippen LogP contribution in [0.25, 0.3) is 0 Å². The van der Waals surface area contributed by atoms with Gasteiger partial charge < -0.3 is 19.3 Å². The molecule has 1 N–H and O–H groups in total. The van der Waals surface area contributed by atoms with Crippen molar-refractivity contribution in [2.75, 3.05) is 34.0 Å². The summed E-state index contributed by atoms with van der Waals surface area (Å²) in [6, 6.07) is 0. The minimum Gasteiger partial charge on any atom is -0.396 e. The third-order valence-corrected chi connectivity index (χ3v) is 3.09. The molecule has 0 aliphatic heterocycles. The minimum absolute atomic E-state index is 0.000910. The Balaban J connectivity index is 3.79. The van der Waals surface area contributed by atoms with Gasteiger partial charge in [0.05, 0.1) is 12.7 Å². The maximum Gasteiger partial charge on any atom is 0.106 e. The zero-order valence-corrected chi connectivity index (χ0v) is 12.2. The van der Waals surface area contributed by atoms with Gasteiger partial charge in [-0.15, -0.1) is 0 Å². The monoisotopic (exact) mass is 262 g/mol. The van der Waals surface area contributed by atoms with E-state index in [9.17, 15) is 0 Å². The standard InChI is InChI=1S/C14H30O4/c1-4-5-6-9-13(16-2)14(17-3)12-18-11-8-7-10-15/h13-15H,4-12H2,1-3H3. The van der Waals surface area contributed by atoms with Crippen LogP contribution in [0.3, 0.4) is 0 Å². The number of hydrogen-bond donors (Lipinski definition) is 1. The first kappa shape index (κ1) is 17.8. The Morgan fingerprint density at radius 3 is 2.22 bits per heavy atom. The van der Waals surface area contributed by atoms with E-state index >= 15 is 0 Å². The largest absolute Gasteiger partial charge is 0.396 e. The minimum atomic E-state index is 0.000910. The van der Waals surface area contributed by atoms with Gasteiger partial charge in [-0.2, -0.15) is 0 Å². The fourth-order valence-electron chi connectivity index (χ4n) is 1.89. The predicted octanol–water partition coefficient (Wildman–Crippen LogP) is 2.39. The first-order valence-electron chi connectivity index (χ1n) is 7.04. The van der Waals surface area contributed by atoms with Crippen molar-refractivity contribution in [1.29, 1.82) is 0 Å². The number of aliphatic hydroxyl groups excluding tert-OH is 1. The van der Waals surface area contributed by atoms with Crippen LogP contribution in [-0.4, -0.2) is 51.4 Å². The van der Waals surface area contributed by atoms with Crippen LogP contribution in [0.1, 0.15) is 45.4 Å². The summed E-state index contributed by atoms with van der Waals surface area (Å²) < 4.78 is 16.5. The molecule has 2 atom stereocenters. The highest BCUT2D eigenvalue weighted by Gasteiger charge is 2.20. The fraction of sp³-hybridized carbons (Fsp3) is 1.00. The lowest BCUT2D eigenvalue weighted by molar-refractivity contribution is -0.0791. The van der Waals surface area contributed by atoms with E-state index in [1.807, 2.05) is 0 Å². The summed E-state index contributed by atoms with van der Waals surface area (Å²) in [5.41, 5.74) is 0. The summed E-state index contributed by atoms with van der Waals surface area (Å²) in [4.78, 5) is 0. The molecule has 0 rings (SSSR count). The Morgan fingerprint density at radius 2 is 1.67 bits per heavy atom. The van der Waals surface area contributed by atoms with Crippen molar-refractivity contribution in [1.82, 2.24) is 0 Å². The molecule has 0 spiro atoms. The van der Waals surface area contributed by atoms with Crippen molar-refractivity contribution < 1.29 is 19.3 Å². The summed E-state index contributed by atoms with van der Waals surface area (Å²) in [5, 5.41) is 8.67. The van der Waals surface area contributed by atoms with Crippen LogP contribution in [0.2, 0.25) is 0 Å². The van der Waals surface area contributed by atoms with E-state index in [1.54, 1.807) is 14.2 Å². The van der Waals surface area contributed by atoms with E-state index in [4.69, 9.17) is 19.3 Å². The third kappa shape index (κ3) is 8.86. The maximum atomic E-state index is 8.67. The van der Waals surface area contributed by atoms with E-state index in [0.29, 0.717) is 13.2 Å². The molecule has 4 heteroatoms. The molecule has 0 radical (unpaired) electrons. The topological polar surface area (TPSA) is 47.9 Å². The molecule has 0 aromatic heterocycles. The second kappa shape index (κ2) is 13.3. The Morgan fingerprint density at radius 1 is 0.944 bits per heavy atom. The Labute approximate surface area is 112 Å². The van der Waals surface area contributed by atoms with Crippen molar-refractivity contribution >= 4 is 0 Å². The normalized spacial score (nSPS) is 14.7. The van der Waals surface area contributed by atoms with E-state index in [1.165, 1.54) is 19.3 Å². The quantitative estimate of drug-likeness (QED) is 0.518. The molecule has 0 aromatic rings. The SMILES string of the molecule is CCCCCC(OC)C(COCCCCO)OC. The molecule has 0 aromatic carbocycles. The summed E-state index contributed by atoms with van der Waals surface area (Å²) in [5.74, 6) is 0. The molecule has 0 saturated heterocycles. The molecule has 0 amide bonds. The summed E-state index contributed by atoms with van der Waals surface area (Å²) in [7, 11) is 3.43. The Kier molecular flexibility index (Phi) is 13.2. The van der Waals surface area contributed by atoms with Crippen molar-refractivity contribution in [3.05, 3.63) is 0 Å². The average molecular weight is 262 g/mol. The van der Waals surface area contributed by atoms with Gasteiger partial charge in [-0.3, -0.25) is 0 Å². The van der Waals surface area contributed by atoms with Crippen LogP contribution in [0, 0.1) is 0 Å². The number of rotatable bonds is 13. The van der Waals surface area contributed by atoms with Crippen LogP contribution < -0.4 is 0 Å². The molecular weight excluding hydrogens is 232 g/mol. The molecular formula is C14H30O4. The van der Waals surface area contributed by atoms with Crippen molar-refractivity contribution in [3.63, 3.8) is 0 Å². The van der Waals surface area contributed by atoms with E-state index in [-0.39, 0.29) is 18.8 Å². The molecule has 0 fully saturated rings. The van der Waals surface area contributed by atoms with E-state index in [2.05, 4.69) is 6.92 Å². The first-order valence-corrected chi connectivity index (χ1v) is 7.04. The summed E-state index contributed by atoms with van der Waals surface area (Å²) in [6.07, 6.45) is 6.42. The van der Waals surface area contributed by atoms with Crippen LogP contribution in [0.15, 0.2) is 0 Å². The lowest BCUT2D eigenvalue weighted by atomic mass is 10.1. The lowest BCUT2D eigenvalue weighted by Crippen LogP contribution is -2.34. The Hall–Kier alpha value is -0.160. The molecule has 18 heavy (non-hydrogen) atoms. The van der Waals surface area contributed by atoms with Gasteiger partial charge in [0.15, 0.2) is 0 Å². The van der Waals surface area contributed by atoms with Crippen LogP contribution in [-0.2, 0) is 14.2 Å². The van der Waals surface area contributed by atoms with Gasteiger partial charge in [0, 0.05) is 27.4 Å². The van der Waals surface area contributed by atoms with Crippen molar-refractivity contribution in [2.24, 2.45) is 0 Å². The predicted molar refractivity (Wildman–Crippen MR) is 72.9 cm³/mol. The average Bonchev–Trinajstić information content (AvgIpc) is 2.40. The van der Waals surface area contributed by atoms with E-state index in [0.717, 1.165) is 19.3 Å². The van der Waals surface area contributed by atoms with E-state index < -0.39 is 0 Å². The van der Waals surface area contributed by atoms with Gasteiger partial charge in [0.25, 0.3) is 0 Å². The molecule has 0 bridgehead atoms. The zero-order valence-electron chi connectivity index (χ0n) is 12.2. The second-order valence-corrected chi connectivity index (χ2v) is 4.55. The van der Waals surface area contributed by atoms with Crippen LogP contribution in [0.5, 0.6) is 0 Å². The molecule has 4 nitrogen and oxygen atoms in total. The number of unbranched alkanes of at least 4 members (excludes halogenated alkanes) is 3. The highest BCUT2D eigenvalue weighted by molar-refractivity contribution is 4.70. The first-order chi connectivity index (χ1) is 8.79. The highest BCUT2D eigenvalue weighted by atomic mass is 16.6. The second-order valence-electron chi connectivity index (χ2n) is 4.55. The van der Waals surface area contributed by atoms with Gasteiger partial charge in [-0.05, 0) is 19.3 Å². The number of methoxy groups -OCH3 is 2. The van der Waals surface area contributed by atoms with Gasteiger partial charge >= 0.3 is 0 Å². The van der Waals surface area contributed by atoms with Crippen molar-refractivity contribution in [2.45, 2.75) is 57.7 Å². The van der Waals surface area contributed by atoms with Gasteiger partial charge in [-0.25, -0.2) is 0 Å².